The van der Waals surface area contributed by atoms with Gasteiger partial charge in [-0.05, 0) is 46.0 Å². The Bertz CT molecular complexity index is 436. The van der Waals surface area contributed by atoms with Gasteiger partial charge in [0.05, 0.1) is 13.2 Å². The maximum absolute atomic E-state index is 14.3. The van der Waals surface area contributed by atoms with Gasteiger partial charge in [-0.25, -0.2) is 0 Å². The Kier molecular flexibility index (Phi) is 6.76. The molecule has 3 nitrogen and oxygen atoms in total. The molecule has 0 aromatic heterocycles. The molecule has 0 spiro atoms. The fourth-order valence-corrected chi connectivity index (χ4v) is 3.95. The summed E-state index contributed by atoms with van der Waals surface area (Å²) in [5, 5.41) is 0. The van der Waals surface area contributed by atoms with Crippen LogP contribution in [0.2, 0.25) is 0 Å². The highest BCUT2D eigenvalue weighted by Crippen LogP contribution is 2.64. The Balaban J connectivity index is 2.78. The molecule has 0 aromatic rings. The van der Waals surface area contributed by atoms with Crippen LogP contribution in [0.5, 0.6) is 0 Å². The summed E-state index contributed by atoms with van der Waals surface area (Å²) in [4.78, 5) is 0. The first-order chi connectivity index (χ1) is 9.75. The average Bonchev–Trinajstić information content (AvgIpc) is 2.39. The lowest BCUT2D eigenvalue weighted by atomic mass is 9.84. The summed E-state index contributed by atoms with van der Waals surface area (Å²) in [7, 11) is -4.45. The second-order valence-corrected chi connectivity index (χ2v) is 7.52. The van der Waals surface area contributed by atoms with E-state index in [0.29, 0.717) is 12.0 Å². The minimum atomic E-state index is -4.45. The molecule has 1 rings (SSSR count). The van der Waals surface area contributed by atoms with Crippen LogP contribution in [0.4, 0.5) is 8.78 Å². The van der Waals surface area contributed by atoms with Crippen LogP contribution >= 0.6 is 7.60 Å². The van der Waals surface area contributed by atoms with Crippen molar-refractivity contribution in [2.45, 2.75) is 52.1 Å². The second kappa shape index (κ2) is 7.66. The van der Waals surface area contributed by atoms with E-state index in [1.54, 1.807) is 0 Å². The van der Waals surface area contributed by atoms with Gasteiger partial charge in [0.2, 0.25) is 0 Å². The third-order valence-electron chi connectivity index (χ3n) is 3.65. The average molecular weight is 322 g/mol. The highest BCUT2D eigenvalue weighted by Gasteiger charge is 2.53. The van der Waals surface area contributed by atoms with Gasteiger partial charge in [0.15, 0.2) is 0 Å². The fraction of sp³-hybridized carbons (Fsp3) is 0.733. The molecule has 1 atom stereocenters. The van der Waals surface area contributed by atoms with Gasteiger partial charge in [0.1, 0.15) is 0 Å². The number of hydrogen-bond donors (Lipinski definition) is 0. The third kappa shape index (κ3) is 4.73. The third-order valence-corrected chi connectivity index (χ3v) is 5.81. The monoisotopic (exact) mass is 322 g/mol. The van der Waals surface area contributed by atoms with Crippen LogP contribution in [0.25, 0.3) is 0 Å². The summed E-state index contributed by atoms with van der Waals surface area (Å²) in [6.07, 6.45) is 3.83. The molecule has 0 saturated heterocycles. The molecule has 1 aliphatic rings. The molecule has 0 radical (unpaired) electrons. The van der Waals surface area contributed by atoms with Crippen molar-refractivity contribution in [2.75, 3.05) is 13.2 Å². The Morgan fingerprint density at radius 2 is 2.00 bits per heavy atom. The Labute approximate surface area is 125 Å². The maximum atomic E-state index is 14.3. The Morgan fingerprint density at radius 3 is 2.43 bits per heavy atom. The van der Waals surface area contributed by atoms with Crippen molar-refractivity contribution >= 4 is 7.60 Å². The second-order valence-electron chi connectivity index (χ2n) is 5.36. The molecule has 0 heterocycles. The maximum Gasteiger partial charge on any atom is 0.399 e. The zero-order valence-corrected chi connectivity index (χ0v) is 13.9. The molecule has 6 heteroatoms. The zero-order valence-electron chi connectivity index (χ0n) is 13.0. The smallest absolute Gasteiger partial charge is 0.305 e. The quantitative estimate of drug-likeness (QED) is 0.435. The first-order valence-electron chi connectivity index (χ1n) is 7.36. The van der Waals surface area contributed by atoms with Gasteiger partial charge in [-0.2, -0.15) is 8.78 Å². The number of hydrogen-bond acceptors (Lipinski definition) is 3. The molecule has 21 heavy (non-hydrogen) atoms. The summed E-state index contributed by atoms with van der Waals surface area (Å²) in [5.74, 6) is 0.0104. The normalized spacial score (nSPS) is 20.2. The lowest BCUT2D eigenvalue weighted by Gasteiger charge is -2.29. The van der Waals surface area contributed by atoms with Crippen LogP contribution in [-0.4, -0.2) is 18.9 Å². The summed E-state index contributed by atoms with van der Waals surface area (Å²) >= 11 is 0. The standard InChI is InChI=1S/C15H25F2O3P/c1-5-19-21(18,20-6-2)15(16,17)11-13(4)14-9-7-12(3)8-10-14/h7,14H,4-6,8-11H2,1-3H3/t14-/m0/s1. The number of alkyl halides is 2. The van der Waals surface area contributed by atoms with E-state index in [-0.39, 0.29) is 19.1 Å². The Hall–Kier alpha value is -0.510. The summed E-state index contributed by atoms with van der Waals surface area (Å²) in [6.45, 7) is 8.70. The highest BCUT2D eigenvalue weighted by atomic mass is 31.2. The fourth-order valence-electron chi connectivity index (χ4n) is 2.42. The van der Waals surface area contributed by atoms with E-state index in [1.807, 2.05) is 6.92 Å². The van der Waals surface area contributed by atoms with Crippen LogP contribution in [0, 0.1) is 5.92 Å². The first-order valence-corrected chi connectivity index (χ1v) is 8.90. The predicted octanol–water partition coefficient (Wildman–Crippen LogP) is 5.54. The van der Waals surface area contributed by atoms with E-state index in [4.69, 9.17) is 9.05 Å². The van der Waals surface area contributed by atoms with Gasteiger partial charge in [0, 0.05) is 6.42 Å². The molecule has 0 fully saturated rings. The van der Waals surface area contributed by atoms with Crippen molar-refractivity contribution in [3.8, 4) is 0 Å². The molecule has 0 unspecified atom stereocenters. The van der Waals surface area contributed by atoms with Crippen molar-refractivity contribution in [1.29, 1.82) is 0 Å². The van der Waals surface area contributed by atoms with Crippen LogP contribution in [-0.2, 0) is 13.6 Å². The molecule has 1 aliphatic carbocycles. The van der Waals surface area contributed by atoms with Crippen molar-refractivity contribution in [3.63, 3.8) is 0 Å². The van der Waals surface area contributed by atoms with E-state index in [9.17, 15) is 13.3 Å². The van der Waals surface area contributed by atoms with Crippen molar-refractivity contribution in [2.24, 2.45) is 5.92 Å². The van der Waals surface area contributed by atoms with Crippen LogP contribution < -0.4 is 0 Å². The van der Waals surface area contributed by atoms with E-state index >= 15 is 0 Å². The molecular formula is C15H25F2O3P. The zero-order chi connectivity index (χ0) is 16.1. The highest BCUT2D eigenvalue weighted by molar-refractivity contribution is 7.55. The van der Waals surface area contributed by atoms with Gasteiger partial charge in [0.25, 0.3) is 0 Å². The van der Waals surface area contributed by atoms with Crippen LogP contribution in [0.15, 0.2) is 23.8 Å². The first kappa shape index (κ1) is 18.5. The van der Waals surface area contributed by atoms with Crippen molar-refractivity contribution < 1.29 is 22.4 Å². The lowest BCUT2D eigenvalue weighted by Crippen LogP contribution is -2.23. The summed E-state index contributed by atoms with van der Waals surface area (Å²) < 4.78 is 50.5. The summed E-state index contributed by atoms with van der Waals surface area (Å²) in [6, 6.07) is 0. The molecule has 0 N–H and O–H groups in total. The molecule has 122 valence electrons. The molecule has 0 saturated carbocycles. The van der Waals surface area contributed by atoms with Gasteiger partial charge in [-0.3, -0.25) is 4.57 Å². The molecule has 0 aliphatic heterocycles. The minimum absolute atomic E-state index is 0.0104. The number of allylic oxidation sites excluding steroid dienone is 3. The predicted molar refractivity (Wildman–Crippen MR) is 80.7 cm³/mol. The topological polar surface area (TPSA) is 35.5 Å². The Morgan fingerprint density at radius 1 is 1.43 bits per heavy atom. The van der Waals surface area contributed by atoms with Gasteiger partial charge >= 0.3 is 13.3 Å². The van der Waals surface area contributed by atoms with Crippen LogP contribution in [0.3, 0.4) is 0 Å². The molecule has 0 bridgehead atoms. The van der Waals surface area contributed by atoms with Gasteiger partial charge in [-0.15, -0.1) is 0 Å². The molecular weight excluding hydrogens is 297 g/mol. The largest absolute Gasteiger partial charge is 0.399 e. The summed E-state index contributed by atoms with van der Waals surface area (Å²) in [5.41, 5.74) is -1.84. The SMILES string of the molecule is C=C(CC(F)(F)P(=O)(OCC)OCC)[C@H]1CC=C(C)CC1. The van der Waals surface area contributed by atoms with Gasteiger partial charge in [-0.1, -0.05) is 23.8 Å². The number of halogens is 2. The minimum Gasteiger partial charge on any atom is -0.305 e. The van der Waals surface area contributed by atoms with E-state index in [0.717, 1.165) is 12.8 Å². The van der Waals surface area contributed by atoms with Gasteiger partial charge < -0.3 is 9.05 Å². The molecule has 0 aromatic carbocycles. The van der Waals surface area contributed by atoms with Crippen molar-refractivity contribution in [1.82, 2.24) is 0 Å². The number of rotatable bonds is 8. The van der Waals surface area contributed by atoms with Crippen molar-refractivity contribution in [3.05, 3.63) is 23.8 Å². The molecule has 0 amide bonds. The van der Waals surface area contributed by atoms with E-state index < -0.39 is 19.7 Å². The lowest BCUT2D eigenvalue weighted by molar-refractivity contribution is 0.0373. The van der Waals surface area contributed by atoms with E-state index in [2.05, 4.69) is 12.7 Å². The van der Waals surface area contributed by atoms with E-state index in [1.165, 1.54) is 19.4 Å². The van der Waals surface area contributed by atoms with Crippen LogP contribution in [0.1, 0.15) is 46.5 Å².